The Bertz CT molecular complexity index is 1240. The van der Waals surface area contributed by atoms with Crippen LogP contribution in [0.1, 0.15) is 39.2 Å². The van der Waals surface area contributed by atoms with E-state index in [1.54, 1.807) is 20.4 Å². The maximum atomic E-state index is 11.2. The monoisotopic (exact) mass is 496 g/mol. The number of fused-ring (bicyclic) bond motifs is 1. The predicted molar refractivity (Wildman–Crippen MR) is 142 cm³/mol. The first-order valence-electron chi connectivity index (χ1n) is 11.6. The van der Waals surface area contributed by atoms with Crippen molar-refractivity contribution in [1.29, 1.82) is 0 Å². The van der Waals surface area contributed by atoms with Crippen LogP contribution in [0.3, 0.4) is 0 Å². The number of amides is 1. The highest BCUT2D eigenvalue weighted by atomic mass is 35.5. The fourth-order valence-electron chi connectivity index (χ4n) is 4.46. The summed E-state index contributed by atoms with van der Waals surface area (Å²) in [6, 6.07) is 7.68. The summed E-state index contributed by atoms with van der Waals surface area (Å²) >= 11 is 6.60. The number of nitrogens with zero attached hydrogens (tertiary/aromatic N) is 3. The predicted octanol–water partition coefficient (Wildman–Crippen LogP) is 5.69. The number of hydrogen-bond acceptors (Lipinski definition) is 6. The highest BCUT2D eigenvalue weighted by molar-refractivity contribution is 6.35. The zero-order chi connectivity index (χ0) is 25.8. The largest absolute Gasteiger partial charge is 0.496 e. The second-order valence-corrected chi connectivity index (χ2v) is 9.29. The number of carbonyl (C=O) groups is 1. The molecule has 0 radical (unpaired) electrons. The minimum Gasteiger partial charge on any atom is -0.496 e. The van der Waals surface area contributed by atoms with Crippen LogP contribution in [0.4, 0.5) is 5.95 Å². The number of anilines is 1. The molecule has 1 fully saturated rings. The van der Waals surface area contributed by atoms with E-state index in [2.05, 4.69) is 37.3 Å². The SMILES string of the molecule is C=CC(=O)N1CCCC1(C)C.CCc1c(OC)cc(OC)c(Cl)c1-c1ccc2nc(N)ncc2c1. The molecule has 4 rings (SSSR count). The van der Waals surface area contributed by atoms with E-state index in [1.165, 1.54) is 6.08 Å². The van der Waals surface area contributed by atoms with Gasteiger partial charge < -0.3 is 20.1 Å². The van der Waals surface area contributed by atoms with Crippen molar-refractivity contribution in [1.82, 2.24) is 14.9 Å². The Morgan fingerprint density at radius 2 is 1.97 bits per heavy atom. The molecule has 2 aromatic carbocycles. The molecule has 2 heterocycles. The molecule has 0 unspecified atom stereocenters. The molecule has 35 heavy (non-hydrogen) atoms. The molecular weight excluding hydrogens is 464 g/mol. The van der Waals surface area contributed by atoms with Gasteiger partial charge in [-0.2, -0.15) is 0 Å². The van der Waals surface area contributed by atoms with E-state index in [1.807, 2.05) is 29.2 Å². The lowest BCUT2D eigenvalue weighted by molar-refractivity contribution is -0.128. The molecule has 3 aromatic rings. The third-order valence-electron chi connectivity index (χ3n) is 6.32. The molecule has 1 aliphatic rings. The number of likely N-dealkylation sites (tertiary alicyclic amines) is 1. The van der Waals surface area contributed by atoms with Crippen LogP contribution in [0.2, 0.25) is 5.02 Å². The molecule has 8 heteroatoms. The van der Waals surface area contributed by atoms with Gasteiger partial charge in [-0.15, -0.1) is 0 Å². The van der Waals surface area contributed by atoms with Crippen LogP contribution in [-0.4, -0.2) is 47.1 Å². The molecule has 1 saturated heterocycles. The number of nitrogen functional groups attached to an aromatic ring is 1. The number of benzene rings is 2. The maximum absolute atomic E-state index is 11.2. The molecule has 0 atom stereocenters. The van der Waals surface area contributed by atoms with E-state index in [4.69, 9.17) is 26.8 Å². The molecule has 2 N–H and O–H groups in total. The summed E-state index contributed by atoms with van der Waals surface area (Å²) < 4.78 is 10.9. The standard InChI is InChI=1S/C18H18ClN3O2.C9H15NO/c1-4-12-14(23-2)8-15(24-3)17(19)16(12)10-5-6-13-11(7-10)9-21-18(20)22-13;1-4-8(11)10-7-5-6-9(10,2)3/h5-9H,4H2,1-3H3,(H2,20,21,22);4H,1,5-7H2,2-3H3. The lowest BCUT2D eigenvalue weighted by Gasteiger charge is -2.30. The normalized spacial score (nSPS) is 14.3. The van der Waals surface area contributed by atoms with Crippen LogP contribution >= 0.6 is 11.6 Å². The van der Waals surface area contributed by atoms with E-state index in [-0.39, 0.29) is 17.4 Å². The Balaban J connectivity index is 0.000000261. The van der Waals surface area contributed by atoms with Crippen molar-refractivity contribution < 1.29 is 14.3 Å². The Kier molecular flexibility index (Phi) is 8.22. The van der Waals surface area contributed by atoms with Gasteiger partial charge in [0.2, 0.25) is 11.9 Å². The first-order chi connectivity index (χ1) is 16.7. The number of nitrogens with two attached hydrogens (primary N) is 1. The third-order valence-corrected chi connectivity index (χ3v) is 6.69. The molecule has 0 bridgehead atoms. The zero-order valence-corrected chi connectivity index (χ0v) is 21.8. The van der Waals surface area contributed by atoms with Crippen LogP contribution in [0, 0.1) is 0 Å². The lowest BCUT2D eigenvalue weighted by atomic mass is 9.95. The number of halogens is 1. The summed E-state index contributed by atoms with van der Waals surface area (Å²) in [6.07, 6.45) is 6.10. The van der Waals surface area contributed by atoms with E-state index in [0.717, 1.165) is 59.2 Å². The van der Waals surface area contributed by atoms with Crippen molar-refractivity contribution in [2.45, 2.75) is 45.6 Å². The van der Waals surface area contributed by atoms with Crippen LogP contribution in [0.5, 0.6) is 11.5 Å². The van der Waals surface area contributed by atoms with Crippen LogP contribution in [0.15, 0.2) is 43.1 Å². The van der Waals surface area contributed by atoms with Gasteiger partial charge in [-0.3, -0.25) is 4.79 Å². The third kappa shape index (κ3) is 5.51. The Morgan fingerprint density at radius 3 is 2.54 bits per heavy atom. The van der Waals surface area contributed by atoms with E-state index < -0.39 is 0 Å². The van der Waals surface area contributed by atoms with E-state index in [0.29, 0.717) is 10.8 Å². The minimum absolute atomic E-state index is 0.0469. The average Bonchev–Trinajstić information content (AvgIpc) is 3.22. The number of methoxy groups -OCH3 is 2. The average molecular weight is 497 g/mol. The van der Waals surface area contributed by atoms with Gasteiger partial charge in [-0.05, 0) is 56.9 Å². The summed E-state index contributed by atoms with van der Waals surface area (Å²) in [5.41, 5.74) is 9.35. The lowest BCUT2D eigenvalue weighted by Crippen LogP contribution is -2.41. The fraction of sp³-hybridized carbons (Fsp3) is 0.370. The molecule has 0 spiro atoms. The number of hydrogen-bond donors (Lipinski definition) is 1. The minimum atomic E-state index is 0.0469. The second kappa shape index (κ2) is 11.0. The first kappa shape index (κ1) is 26.3. The topological polar surface area (TPSA) is 90.6 Å². The first-order valence-corrected chi connectivity index (χ1v) is 11.9. The quantitative estimate of drug-likeness (QED) is 0.456. The van der Waals surface area contributed by atoms with Crippen molar-refractivity contribution in [2.75, 3.05) is 26.5 Å². The van der Waals surface area contributed by atoms with Crippen LogP contribution in [-0.2, 0) is 11.2 Å². The van der Waals surface area contributed by atoms with Crippen LogP contribution in [0.25, 0.3) is 22.0 Å². The Hall–Kier alpha value is -3.32. The summed E-state index contributed by atoms with van der Waals surface area (Å²) in [4.78, 5) is 21.4. The Labute approximate surface area is 211 Å². The summed E-state index contributed by atoms with van der Waals surface area (Å²) in [5, 5.41) is 1.45. The van der Waals surface area contributed by atoms with E-state index >= 15 is 0 Å². The van der Waals surface area contributed by atoms with Gasteiger partial charge in [0.15, 0.2) is 0 Å². The second-order valence-electron chi connectivity index (χ2n) is 8.91. The highest BCUT2D eigenvalue weighted by Crippen LogP contribution is 2.43. The molecule has 186 valence electrons. The fourth-order valence-corrected chi connectivity index (χ4v) is 4.82. The molecule has 1 aromatic heterocycles. The molecule has 0 aliphatic carbocycles. The van der Waals surface area contributed by atoms with E-state index in [9.17, 15) is 4.79 Å². The molecular formula is C27H33ClN4O3. The highest BCUT2D eigenvalue weighted by Gasteiger charge is 2.33. The molecule has 7 nitrogen and oxygen atoms in total. The van der Waals surface area contributed by atoms with Gasteiger partial charge in [0.1, 0.15) is 11.5 Å². The summed E-state index contributed by atoms with van der Waals surface area (Å²) in [5.74, 6) is 1.65. The van der Waals surface area contributed by atoms with Gasteiger partial charge in [0.25, 0.3) is 0 Å². The number of aromatic nitrogens is 2. The molecule has 0 saturated carbocycles. The van der Waals surface area contributed by atoms with Gasteiger partial charge in [0.05, 0.1) is 24.8 Å². The van der Waals surface area contributed by atoms with Gasteiger partial charge >= 0.3 is 0 Å². The number of carbonyl (C=O) groups excluding carboxylic acids is 1. The molecule has 1 amide bonds. The number of ether oxygens (including phenoxy) is 2. The van der Waals surface area contributed by atoms with Crippen molar-refractivity contribution in [3.8, 4) is 22.6 Å². The van der Waals surface area contributed by atoms with Gasteiger partial charge in [-0.1, -0.05) is 31.2 Å². The summed E-state index contributed by atoms with van der Waals surface area (Å²) in [6.45, 7) is 10.6. The maximum Gasteiger partial charge on any atom is 0.246 e. The zero-order valence-electron chi connectivity index (χ0n) is 21.0. The molecule has 1 aliphatic heterocycles. The number of rotatable bonds is 5. The Morgan fingerprint density at radius 1 is 1.26 bits per heavy atom. The van der Waals surface area contributed by atoms with Crippen molar-refractivity contribution >= 4 is 34.4 Å². The summed E-state index contributed by atoms with van der Waals surface area (Å²) in [7, 11) is 3.23. The van der Waals surface area contributed by atoms with Crippen molar-refractivity contribution in [3.63, 3.8) is 0 Å². The van der Waals surface area contributed by atoms with Gasteiger partial charge in [-0.25, -0.2) is 9.97 Å². The van der Waals surface area contributed by atoms with Crippen molar-refractivity contribution in [2.24, 2.45) is 0 Å². The van der Waals surface area contributed by atoms with Crippen LogP contribution < -0.4 is 15.2 Å². The van der Waals surface area contributed by atoms with Crippen molar-refractivity contribution in [3.05, 3.63) is 53.7 Å². The smallest absolute Gasteiger partial charge is 0.246 e. The van der Waals surface area contributed by atoms with Gasteiger partial charge in [0, 0.05) is 40.9 Å².